The summed E-state index contributed by atoms with van der Waals surface area (Å²) in [5.41, 5.74) is 0.398. The van der Waals surface area contributed by atoms with Gasteiger partial charge in [-0.25, -0.2) is 9.59 Å². The molecule has 22 heavy (non-hydrogen) atoms. The number of amides is 3. The van der Waals surface area contributed by atoms with E-state index in [0.29, 0.717) is 26.1 Å². The molecule has 1 aromatic rings. The summed E-state index contributed by atoms with van der Waals surface area (Å²) in [6.45, 7) is 6.51. The maximum atomic E-state index is 11.5. The summed E-state index contributed by atoms with van der Waals surface area (Å²) < 4.78 is 5.07. The molecule has 0 radical (unpaired) electrons. The van der Waals surface area contributed by atoms with Gasteiger partial charge in [0.2, 0.25) is 0 Å². The van der Waals surface area contributed by atoms with Crippen molar-refractivity contribution in [3.63, 3.8) is 0 Å². The number of ether oxygens (including phenoxy) is 1. The predicted molar refractivity (Wildman–Crippen MR) is 83.6 cm³/mol. The van der Waals surface area contributed by atoms with Crippen LogP contribution in [0.25, 0.3) is 0 Å². The van der Waals surface area contributed by atoms with E-state index in [4.69, 9.17) is 4.74 Å². The van der Waals surface area contributed by atoms with Gasteiger partial charge in [0.1, 0.15) is 5.60 Å². The lowest BCUT2D eigenvalue weighted by Gasteiger charge is -2.19. The van der Waals surface area contributed by atoms with Crippen LogP contribution in [0.4, 0.5) is 9.59 Å². The first kappa shape index (κ1) is 17.7. The lowest BCUT2D eigenvalue weighted by molar-refractivity contribution is 0.0528. The third-order valence-electron chi connectivity index (χ3n) is 2.47. The van der Waals surface area contributed by atoms with Gasteiger partial charge in [-0.2, -0.15) is 0 Å². The molecule has 0 spiro atoms. The van der Waals surface area contributed by atoms with E-state index in [9.17, 15) is 9.59 Å². The van der Waals surface area contributed by atoms with Crippen LogP contribution < -0.4 is 16.0 Å². The van der Waals surface area contributed by atoms with E-state index in [-0.39, 0.29) is 6.03 Å². The highest BCUT2D eigenvalue weighted by Gasteiger charge is 2.15. The zero-order valence-corrected chi connectivity index (χ0v) is 13.3. The van der Waals surface area contributed by atoms with Gasteiger partial charge in [-0.3, -0.25) is 4.98 Å². The Balaban J connectivity index is 2.05. The largest absolute Gasteiger partial charge is 0.444 e. The monoisotopic (exact) mass is 308 g/mol. The van der Waals surface area contributed by atoms with Crippen molar-refractivity contribution in [2.45, 2.75) is 32.8 Å². The minimum absolute atomic E-state index is 0.276. The normalized spacial score (nSPS) is 10.7. The van der Waals surface area contributed by atoms with Gasteiger partial charge in [0.15, 0.2) is 0 Å². The molecule has 7 nitrogen and oxygen atoms in total. The van der Waals surface area contributed by atoms with Crippen LogP contribution in [-0.2, 0) is 11.2 Å². The Labute approximate surface area is 130 Å². The number of pyridine rings is 1. The van der Waals surface area contributed by atoms with Crippen LogP contribution in [0.5, 0.6) is 0 Å². The van der Waals surface area contributed by atoms with Crippen molar-refractivity contribution in [1.29, 1.82) is 0 Å². The Hall–Kier alpha value is -2.31. The molecule has 0 fully saturated rings. The highest BCUT2D eigenvalue weighted by Crippen LogP contribution is 2.05. The fourth-order valence-electron chi connectivity index (χ4n) is 1.57. The second kappa shape index (κ2) is 8.86. The van der Waals surface area contributed by atoms with E-state index in [1.165, 1.54) is 0 Å². The highest BCUT2D eigenvalue weighted by molar-refractivity contribution is 5.74. The number of nitrogens with zero attached hydrogens (tertiary/aromatic N) is 1. The van der Waals surface area contributed by atoms with Crippen LogP contribution in [0.2, 0.25) is 0 Å². The fourth-order valence-corrected chi connectivity index (χ4v) is 1.57. The van der Waals surface area contributed by atoms with Gasteiger partial charge in [-0.1, -0.05) is 6.07 Å². The van der Waals surface area contributed by atoms with Gasteiger partial charge in [-0.05, 0) is 32.9 Å². The zero-order chi connectivity index (χ0) is 16.4. The molecule has 0 atom stereocenters. The first-order chi connectivity index (χ1) is 10.4. The summed E-state index contributed by atoms with van der Waals surface area (Å²) in [5, 5.41) is 7.93. The summed E-state index contributed by atoms with van der Waals surface area (Å²) in [7, 11) is 0. The molecule has 0 aliphatic heterocycles. The van der Waals surface area contributed by atoms with Crippen LogP contribution in [0.15, 0.2) is 24.4 Å². The minimum Gasteiger partial charge on any atom is -0.444 e. The van der Waals surface area contributed by atoms with Crippen molar-refractivity contribution in [1.82, 2.24) is 20.9 Å². The van der Waals surface area contributed by atoms with E-state index >= 15 is 0 Å². The molecule has 1 heterocycles. The number of nitrogens with one attached hydrogen (secondary N) is 3. The Morgan fingerprint density at radius 2 is 1.77 bits per heavy atom. The van der Waals surface area contributed by atoms with Crippen molar-refractivity contribution in [3.8, 4) is 0 Å². The lowest BCUT2D eigenvalue weighted by atomic mass is 10.2. The molecule has 0 saturated heterocycles. The average Bonchev–Trinajstić information content (AvgIpc) is 2.43. The molecule has 3 N–H and O–H groups in total. The molecule has 0 saturated carbocycles. The molecule has 0 aliphatic rings. The van der Waals surface area contributed by atoms with E-state index in [2.05, 4.69) is 20.9 Å². The molecular weight excluding hydrogens is 284 g/mol. The molecule has 122 valence electrons. The second-order valence-electron chi connectivity index (χ2n) is 5.68. The Bertz CT molecular complexity index is 471. The van der Waals surface area contributed by atoms with Crippen molar-refractivity contribution < 1.29 is 14.3 Å². The minimum atomic E-state index is -0.527. The van der Waals surface area contributed by atoms with Gasteiger partial charge in [0.05, 0.1) is 0 Å². The van der Waals surface area contributed by atoms with Crippen molar-refractivity contribution in [3.05, 3.63) is 30.1 Å². The SMILES string of the molecule is CC(C)(C)OC(=O)NCCNC(=O)NCCc1ccccn1. The molecule has 3 amide bonds. The number of carbonyl (C=O) groups excluding carboxylic acids is 2. The van der Waals surface area contributed by atoms with E-state index in [0.717, 1.165) is 5.69 Å². The first-order valence-electron chi connectivity index (χ1n) is 7.25. The Kier molecular flexibility index (Phi) is 7.15. The summed E-state index contributed by atoms with van der Waals surface area (Å²) in [6.07, 6.45) is 1.90. The maximum Gasteiger partial charge on any atom is 0.407 e. The standard InChI is InChI=1S/C15H24N4O3/c1-15(2,3)22-14(21)19-11-10-18-13(20)17-9-7-12-6-4-5-8-16-12/h4-6,8H,7,9-11H2,1-3H3,(H,19,21)(H2,17,18,20). The maximum absolute atomic E-state index is 11.5. The van der Waals surface area contributed by atoms with Crippen molar-refractivity contribution >= 4 is 12.1 Å². The number of alkyl carbamates (subject to hydrolysis) is 1. The van der Waals surface area contributed by atoms with E-state index < -0.39 is 11.7 Å². The first-order valence-corrected chi connectivity index (χ1v) is 7.25. The number of hydrogen-bond donors (Lipinski definition) is 3. The molecule has 0 unspecified atom stereocenters. The quantitative estimate of drug-likeness (QED) is 0.694. The van der Waals surface area contributed by atoms with Crippen molar-refractivity contribution in [2.24, 2.45) is 0 Å². The van der Waals surface area contributed by atoms with Crippen molar-refractivity contribution in [2.75, 3.05) is 19.6 Å². The number of rotatable bonds is 6. The fraction of sp³-hybridized carbons (Fsp3) is 0.533. The average molecular weight is 308 g/mol. The molecule has 0 bridgehead atoms. The number of urea groups is 1. The Morgan fingerprint density at radius 3 is 2.41 bits per heavy atom. The molecule has 1 aromatic heterocycles. The summed E-state index contributed by atoms with van der Waals surface area (Å²) in [4.78, 5) is 27.1. The molecule has 1 rings (SSSR count). The predicted octanol–water partition coefficient (Wildman–Crippen LogP) is 1.45. The van der Waals surface area contributed by atoms with E-state index in [1.807, 2.05) is 18.2 Å². The molecule has 0 aromatic carbocycles. The summed E-state index contributed by atoms with van der Waals surface area (Å²) in [5.74, 6) is 0. The van der Waals surface area contributed by atoms with Crippen LogP contribution >= 0.6 is 0 Å². The van der Waals surface area contributed by atoms with Crippen LogP contribution in [0.3, 0.4) is 0 Å². The van der Waals surface area contributed by atoms with Gasteiger partial charge < -0.3 is 20.7 Å². The third-order valence-corrected chi connectivity index (χ3v) is 2.47. The number of carbonyl (C=O) groups is 2. The van der Waals surface area contributed by atoms with Gasteiger partial charge in [0, 0.05) is 37.9 Å². The second-order valence-corrected chi connectivity index (χ2v) is 5.68. The van der Waals surface area contributed by atoms with E-state index in [1.54, 1.807) is 27.0 Å². The summed E-state index contributed by atoms with van der Waals surface area (Å²) >= 11 is 0. The van der Waals surface area contributed by atoms with Crippen LogP contribution in [0.1, 0.15) is 26.5 Å². The molecular formula is C15H24N4O3. The Morgan fingerprint density at radius 1 is 1.09 bits per heavy atom. The summed E-state index contributed by atoms with van der Waals surface area (Å²) in [6, 6.07) is 5.39. The number of aromatic nitrogens is 1. The van der Waals surface area contributed by atoms with Crippen LogP contribution in [0, 0.1) is 0 Å². The number of hydrogen-bond acceptors (Lipinski definition) is 4. The highest BCUT2D eigenvalue weighted by atomic mass is 16.6. The lowest BCUT2D eigenvalue weighted by Crippen LogP contribution is -2.42. The van der Waals surface area contributed by atoms with Crippen LogP contribution in [-0.4, -0.2) is 42.3 Å². The molecule has 0 aliphatic carbocycles. The smallest absolute Gasteiger partial charge is 0.407 e. The van der Waals surface area contributed by atoms with Gasteiger partial charge in [-0.15, -0.1) is 0 Å². The van der Waals surface area contributed by atoms with Gasteiger partial charge >= 0.3 is 12.1 Å². The zero-order valence-electron chi connectivity index (χ0n) is 13.3. The van der Waals surface area contributed by atoms with Gasteiger partial charge in [0.25, 0.3) is 0 Å². The topological polar surface area (TPSA) is 92.4 Å². The third kappa shape index (κ3) is 8.78. The molecule has 7 heteroatoms.